The molecule has 3 amide bonds. The number of aliphatic hydroxyl groups excluding tert-OH is 1. The summed E-state index contributed by atoms with van der Waals surface area (Å²) in [4.78, 5) is 48.8. The van der Waals surface area contributed by atoms with Crippen LogP contribution in [0.2, 0.25) is 0 Å². The summed E-state index contributed by atoms with van der Waals surface area (Å²) < 4.78 is 6.72. The van der Waals surface area contributed by atoms with E-state index in [0.29, 0.717) is 18.5 Å². The molecule has 8 heteroatoms. The van der Waals surface area contributed by atoms with Crippen molar-refractivity contribution in [2.75, 3.05) is 29.5 Å². The molecule has 0 aliphatic carbocycles. The normalized spacial score (nSPS) is 26.4. The molecule has 228 valence electrons. The number of hydrogen-bond donors (Lipinski definition) is 1. The van der Waals surface area contributed by atoms with Gasteiger partial charge in [-0.2, -0.15) is 0 Å². The van der Waals surface area contributed by atoms with E-state index in [0.717, 1.165) is 16.8 Å². The lowest BCUT2D eigenvalue weighted by molar-refractivity contribution is -0.145. The zero-order valence-corrected chi connectivity index (χ0v) is 25.6. The number of nitrogens with zero attached hydrogens (tertiary/aromatic N) is 3. The van der Waals surface area contributed by atoms with Crippen molar-refractivity contribution in [3.8, 4) is 0 Å². The van der Waals surface area contributed by atoms with Gasteiger partial charge >= 0.3 is 0 Å². The Hall–Kier alpha value is -3.75. The lowest BCUT2D eigenvalue weighted by atomic mass is 9.70. The molecule has 0 radical (unpaired) electrons. The topological polar surface area (TPSA) is 90.4 Å². The third kappa shape index (κ3) is 4.90. The molecule has 1 N–H and O–H groups in total. The maximum atomic E-state index is 14.9. The minimum atomic E-state index is -1.19. The van der Waals surface area contributed by atoms with Crippen molar-refractivity contribution in [2.45, 2.75) is 64.3 Å². The molecule has 6 atom stereocenters. The molecular formula is C35H43N3O5. The van der Waals surface area contributed by atoms with E-state index in [4.69, 9.17) is 4.74 Å². The van der Waals surface area contributed by atoms with Crippen LogP contribution < -0.4 is 9.80 Å². The zero-order chi connectivity index (χ0) is 31.1. The van der Waals surface area contributed by atoms with Crippen LogP contribution in [0.4, 0.5) is 11.4 Å². The van der Waals surface area contributed by atoms with Gasteiger partial charge < -0.3 is 24.5 Å². The fourth-order valence-electron chi connectivity index (χ4n) is 7.67. The molecule has 0 saturated carbocycles. The molecule has 3 aliphatic rings. The molecule has 3 aliphatic heterocycles. The van der Waals surface area contributed by atoms with Crippen molar-refractivity contribution in [1.82, 2.24) is 4.90 Å². The first kappa shape index (κ1) is 30.7. The number of carbonyl (C=O) groups excluding carboxylic acids is 3. The molecule has 2 aromatic rings. The van der Waals surface area contributed by atoms with E-state index >= 15 is 0 Å². The first-order valence-electron chi connectivity index (χ1n) is 15.2. The Kier molecular flexibility index (Phi) is 8.63. The van der Waals surface area contributed by atoms with Gasteiger partial charge in [0.1, 0.15) is 11.6 Å². The molecule has 3 heterocycles. The number of hydrogen-bond acceptors (Lipinski definition) is 5. The highest BCUT2D eigenvalue weighted by atomic mass is 16.5. The molecular weight excluding hydrogens is 542 g/mol. The summed E-state index contributed by atoms with van der Waals surface area (Å²) in [5.74, 6) is -2.56. The van der Waals surface area contributed by atoms with Crippen LogP contribution in [0.3, 0.4) is 0 Å². The molecule has 2 unspecified atom stereocenters. The summed E-state index contributed by atoms with van der Waals surface area (Å²) in [5.41, 5.74) is 2.15. The number of likely N-dealkylation sites (tertiary alicyclic amines) is 1. The maximum Gasteiger partial charge on any atom is 0.253 e. The zero-order valence-electron chi connectivity index (χ0n) is 25.6. The minimum Gasteiger partial charge on any atom is -0.394 e. The highest BCUT2D eigenvalue weighted by molar-refractivity contribution is 6.07. The van der Waals surface area contributed by atoms with Crippen molar-refractivity contribution in [1.29, 1.82) is 0 Å². The summed E-state index contributed by atoms with van der Waals surface area (Å²) in [5, 5.41) is 10.6. The second-order valence-electron chi connectivity index (χ2n) is 12.3. The molecule has 2 bridgehead atoms. The Morgan fingerprint density at radius 2 is 1.65 bits per heavy atom. The predicted octanol–water partition coefficient (Wildman–Crippen LogP) is 4.43. The van der Waals surface area contributed by atoms with Gasteiger partial charge in [-0.1, -0.05) is 62.4 Å². The summed E-state index contributed by atoms with van der Waals surface area (Å²) in [7, 11) is 0. The lowest BCUT2D eigenvalue weighted by Gasteiger charge is -2.41. The number of benzene rings is 2. The van der Waals surface area contributed by atoms with E-state index in [2.05, 4.69) is 13.2 Å². The predicted molar refractivity (Wildman–Crippen MR) is 168 cm³/mol. The lowest BCUT2D eigenvalue weighted by Crippen LogP contribution is -2.60. The molecule has 3 saturated heterocycles. The van der Waals surface area contributed by atoms with Gasteiger partial charge in [0.05, 0.1) is 30.6 Å². The smallest absolute Gasteiger partial charge is 0.253 e. The number of aryl methyl sites for hydroxylation is 2. The van der Waals surface area contributed by atoms with Gasteiger partial charge in [0.2, 0.25) is 11.8 Å². The van der Waals surface area contributed by atoms with Crippen LogP contribution in [0.25, 0.3) is 0 Å². The van der Waals surface area contributed by atoms with E-state index in [-0.39, 0.29) is 43.3 Å². The Morgan fingerprint density at radius 3 is 2.23 bits per heavy atom. The van der Waals surface area contributed by atoms with Crippen LogP contribution in [0.15, 0.2) is 73.8 Å². The van der Waals surface area contributed by atoms with Gasteiger partial charge in [0.15, 0.2) is 0 Å². The van der Waals surface area contributed by atoms with E-state index in [1.165, 1.54) is 0 Å². The van der Waals surface area contributed by atoms with E-state index < -0.39 is 35.6 Å². The number of para-hydroxylation sites is 2. The number of carbonyl (C=O) groups is 3. The third-order valence-electron chi connectivity index (χ3n) is 9.50. The largest absolute Gasteiger partial charge is 0.394 e. The number of rotatable bonds is 11. The number of ether oxygens (including phenoxy) is 1. The number of fused-ring (bicyclic) bond motifs is 1. The molecule has 1 spiro atoms. The van der Waals surface area contributed by atoms with Gasteiger partial charge in [0.25, 0.3) is 5.91 Å². The highest BCUT2D eigenvalue weighted by Gasteiger charge is 2.75. The van der Waals surface area contributed by atoms with E-state index in [1.807, 2.05) is 76.2 Å². The van der Waals surface area contributed by atoms with Crippen molar-refractivity contribution in [2.24, 2.45) is 17.8 Å². The number of aliphatic hydroxyl groups is 1. The van der Waals surface area contributed by atoms with Crippen molar-refractivity contribution < 1.29 is 24.2 Å². The van der Waals surface area contributed by atoms with Gasteiger partial charge in [0, 0.05) is 24.5 Å². The van der Waals surface area contributed by atoms with Crippen molar-refractivity contribution in [3.63, 3.8) is 0 Å². The second-order valence-corrected chi connectivity index (χ2v) is 12.3. The van der Waals surface area contributed by atoms with E-state index in [1.54, 1.807) is 26.9 Å². The Labute approximate surface area is 254 Å². The standard InChI is InChI=1S/C35H43N3O5/c1-7-19-36(25-15-10-9-11-16-25)32(40)28-27-17-18-35(43-27)29(28)33(41)38(26(21-39)22(3)4)31(35)34(42)37(20-8-2)30-23(5)13-12-14-24(30)6/h7-16,22,26-29,31,39H,1-2,17-21H2,3-6H3/t26-,27+,28-,29-,31?,35?/m0/s1. The van der Waals surface area contributed by atoms with E-state index in [9.17, 15) is 19.5 Å². The first-order chi connectivity index (χ1) is 20.6. The maximum absolute atomic E-state index is 14.9. The monoisotopic (exact) mass is 585 g/mol. The molecule has 3 fully saturated rings. The fourth-order valence-corrected chi connectivity index (χ4v) is 7.67. The molecule has 2 aromatic carbocycles. The van der Waals surface area contributed by atoms with Crippen molar-refractivity contribution in [3.05, 3.63) is 85.0 Å². The van der Waals surface area contributed by atoms with Crippen LogP contribution in [0, 0.1) is 31.6 Å². The summed E-state index contributed by atoms with van der Waals surface area (Å²) in [6.45, 7) is 15.7. The van der Waals surface area contributed by atoms with Crippen LogP contribution in [0.5, 0.6) is 0 Å². The molecule has 8 nitrogen and oxygen atoms in total. The Morgan fingerprint density at radius 1 is 1.02 bits per heavy atom. The van der Waals surface area contributed by atoms with Crippen LogP contribution >= 0.6 is 0 Å². The van der Waals surface area contributed by atoms with Crippen LogP contribution in [0.1, 0.15) is 37.8 Å². The van der Waals surface area contributed by atoms with Crippen LogP contribution in [-0.4, -0.2) is 71.2 Å². The summed E-state index contributed by atoms with van der Waals surface area (Å²) in [6.07, 6.45) is 3.89. The second kappa shape index (κ2) is 12.1. The third-order valence-corrected chi connectivity index (χ3v) is 9.50. The first-order valence-corrected chi connectivity index (χ1v) is 15.2. The molecule has 43 heavy (non-hydrogen) atoms. The Balaban J connectivity index is 1.63. The van der Waals surface area contributed by atoms with Gasteiger partial charge in [-0.3, -0.25) is 14.4 Å². The SMILES string of the molecule is C=CCN(C(=O)[C@@H]1[C@H]2C(=O)N([C@@H](CO)C(C)C)C(C(=O)N(CC=C)c3c(C)cccc3C)C23CC[C@H]1O3)c1ccccc1. The average Bonchev–Trinajstić information content (AvgIpc) is 3.63. The number of anilines is 2. The van der Waals surface area contributed by atoms with Gasteiger partial charge in [-0.05, 0) is 55.9 Å². The van der Waals surface area contributed by atoms with Gasteiger partial charge in [-0.25, -0.2) is 0 Å². The highest BCUT2D eigenvalue weighted by Crippen LogP contribution is 2.59. The summed E-state index contributed by atoms with van der Waals surface area (Å²) in [6, 6.07) is 13.6. The van der Waals surface area contributed by atoms with Crippen LogP contribution in [-0.2, 0) is 19.1 Å². The average molecular weight is 586 g/mol. The molecule has 0 aromatic heterocycles. The van der Waals surface area contributed by atoms with Gasteiger partial charge in [-0.15, -0.1) is 13.2 Å². The fraction of sp³-hybridized carbons (Fsp3) is 0.457. The quantitative estimate of drug-likeness (QED) is 0.394. The molecule has 5 rings (SSSR count). The minimum absolute atomic E-state index is 0.138. The Bertz CT molecular complexity index is 1390. The summed E-state index contributed by atoms with van der Waals surface area (Å²) >= 11 is 0. The van der Waals surface area contributed by atoms with Crippen molar-refractivity contribution >= 4 is 29.1 Å². The number of amides is 3.